The number of piperidine rings is 1. The fourth-order valence-corrected chi connectivity index (χ4v) is 2.92. The molecule has 1 aromatic heterocycles. The topological polar surface area (TPSA) is 80.6 Å². The van der Waals surface area contributed by atoms with Crippen LogP contribution in [0.1, 0.15) is 43.1 Å². The molecule has 0 radical (unpaired) electrons. The number of carbonyl (C=O) groups excluding carboxylic acids is 2. The predicted octanol–water partition coefficient (Wildman–Crippen LogP) is 0.788. The first-order chi connectivity index (χ1) is 11.5. The molecule has 0 aromatic carbocycles. The number of hydrogen-bond donors (Lipinski definition) is 0. The molecule has 1 atom stereocenters. The van der Waals surface area contributed by atoms with Crippen molar-refractivity contribution in [1.82, 2.24) is 24.8 Å². The van der Waals surface area contributed by atoms with Gasteiger partial charge < -0.3 is 14.5 Å². The van der Waals surface area contributed by atoms with Crippen LogP contribution >= 0.6 is 0 Å². The Morgan fingerprint density at radius 2 is 2.17 bits per heavy atom. The molecular formula is C16H27N5O3. The van der Waals surface area contributed by atoms with E-state index in [1.165, 1.54) is 4.90 Å². The lowest BCUT2D eigenvalue weighted by molar-refractivity contribution is -0.139. The Labute approximate surface area is 142 Å². The van der Waals surface area contributed by atoms with Gasteiger partial charge in [-0.1, -0.05) is 5.21 Å². The summed E-state index contributed by atoms with van der Waals surface area (Å²) in [5, 5.41) is 7.93. The highest BCUT2D eigenvalue weighted by molar-refractivity contribution is 5.91. The minimum atomic E-state index is -0.160. The normalized spacial score (nSPS) is 17.8. The molecule has 24 heavy (non-hydrogen) atoms. The van der Waals surface area contributed by atoms with Crippen molar-refractivity contribution < 1.29 is 14.3 Å². The van der Waals surface area contributed by atoms with Crippen LogP contribution in [0.3, 0.4) is 0 Å². The summed E-state index contributed by atoms with van der Waals surface area (Å²) in [5.74, 6) is -0.101. The number of likely N-dealkylation sites (tertiary alicyclic amines) is 1. The fraction of sp³-hybridized carbons (Fsp3) is 0.750. The maximum absolute atomic E-state index is 12.3. The van der Waals surface area contributed by atoms with Crippen molar-refractivity contribution in [2.75, 3.05) is 33.9 Å². The highest BCUT2D eigenvalue weighted by atomic mass is 16.5. The van der Waals surface area contributed by atoms with Gasteiger partial charge in [-0.25, -0.2) is 0 Å². The zero-order valence-electron chi connectivity index (χ0n) is 14.8. The molecule has 2 rings (SSSR count). The Bertz CT molecular complexity index is 558. The van der Waals surface area contributed by atoms with E-state index in [2.05, 4.69) is 10.3 Å². The van der Waals surface area contributed by atoms with E-state index >= 15 is 0 Å². The van der Waals surface area contributed by atoms with Crippen LogP contribution < -0.4 is 0 Å². The Balaban J connectivity index is 1.91. The molecular weight excluding hydrogens is 310 g/mol. The maximum atomic E-state index is 12.3. The minimum Gasteiger partial charge on any atom is -0.372 e. The van der Waals surface area contributed by atoms with Crippen molar-refractivity contribution in [3.8, 4) is 0 Å². The summed E-state index contributed by atoms with van der Waals surface area (Å²) >= 11 is 0. The first-order valence-electron chi connectivity index (χ1n) is 8.52. The number of aryl methyl sites for hydroxylation is 1. The standard InChI is InChI=1S/C16H27N5O3/c1-4-24-12-15(22)21-9-6-5-7-13(21)8-10-20-11-14(17-18-20)16(23)19(2)3/h11,13H,4-10,12H2,1-3H3. The van der Waals surface area contributed by atoms with Crippen molar-refractivity contribution >= 4 is 11.8 Å². The summed E-state index contributed by atoms with van der Waals surface area (Å²) in [6, 6.07) is 0.198. The minimum absolute atomic E-state index is 0.0589. The van der Waals surface area contributed by atoms with E-state index in [0.717, 1.165) is 32.2 Å². The van der Waals surface area contributed by atoms with Crippen molar-refractivity contribution in [3.63, 3.8) is 0 Å². The molecule has 8 nitrogen and oxygen atoms in total. The smallest absolute Gasteiger partial charge is 0.275 e. The van der Waals surface area contributed by atoms with Gasteiger partial charge in [0.15, 0.2) is 5.69 Å². The van der Waals surface area contributed by atoms with Gasteiger partial charge in [0.1, 0.15) is 6.61 Å². The van der Waals surface area contributed by atoms with Crippen LogP contribution in [-0.4, -0.2) is 76.5 Å². The summed E-state index contributed by atoms with van der Waals surface area (Å²) in [5.41, 5.74) is 0.341. The van der Waals surface area contributed by atoms with Crippen LogP contribution in [0.2, 0.25) is 0 Å². The van der Waals surface area contributed by atoms with Crippen LogP contribution in [0.5, 0.6) is 0 Å². The summed E-state index contributed by atoms with van der Waals surface area (Å²) in [6.45, 7) is 4.01. The third-order valence-corrected chi connectivity index (χ3v) is 4.23. The number of carbonyl (C=O) groups is 2. The molecule has 0 aliphatic carbocycles. The van der Waals surface area contributed by atoms with Crippen molar-refractivity contribution in [2.45, 2.75) is 45.2 Å². The molecule has 0 spiro atoms. The van der Waals surface area contributed by atoms with Crippen molar-refractivity contribution in [3.05, 3.63) is 11.9 Å². The van der Waals surface area contributed by atoms with Crippen LogP contribution in [0, 0.1) is 0 Å². The van der Waals surface area contributed by atoms with Crippen LogP contribution in [0.15, 0.2) is 6.20 Å². The second kappa shape index (κ2) is 8.77. The Morgan fingerprint density at radius 3 is 2.88 bits per heavy atom. The average molecular weight is 337 g/mol. The molecule has 1 fully saturated rings. The van der Waals surface area contributed by atoms with Gasteiger partial charge in [-0.15, -0.1) is 5.10 Å². The molecule has 0 N–H and O–H groups in total. The third-order valence-electron chi connectivity index (χ3n) is 4.23. The van der Waals surface area contributed by atoms with Crippen molar-refractivity contribution in [1.29, 1.82) is 0 Å². The Morgan fingerprint density at radius 1 is 1.38 bits per heavy atom. The molecule has 1 aliphatic heterocycles. The largest absolute Gasteiger partial charge is 0.372 e. The second-order valence-corrected chi connectivity index (χ2v) is 6.23. The first-order valence-corrected chi connectivity index (χ1v) is 8.52. The third kappa shape index (κ3) is 4.77. The lowest BCUT2D eigenvalue weighted by atomic mass is 9.99. The van der Waals surface area contributed by atoms with Crippen LogP contribution in [0.4, 0.5) is 0 Å². The molecule has 0 saturated carbocycles. The molecule has 1 aromatic rings. The summed E-state index contributed by atoms with van der Waals surface area (Å²) in [4.78, 5) is 27.5. The first kappa shape index (κ1) is 18.4. The van der Waals surface area contributed by atoms with E-state index in [1.54, 1.807) is 25.0 Å². The molecule has 8 heteroatoms. The quantitative estimate of drug-likeness (QED) is 0.735. The zero-order chi connectivity index (χ0) is 17.5. The summed E-state index contributed by atoms with van der Waals surface area (Å²) in [6.07, 6.45) is 5.63. The van der Waals surface area contributed by atoms with Gasteiger partial charge in [0.2, 0.25) is 5.91 Å². The van der Waals surface area contributed by atoms with E-state index in [4.69, 9.17) is 4.74 Å². The maximum Gasteiger partial charge on any atom is 0.275 e. The highest BCUT2D eigenvalue weighted by Crippen LogP contribution is 2.20. The van der Waals surface area contributed by atoms with Gasteiger partial charge in [-0.05, 0) is 32.6 Å². The van der Waals surface area contributed by atoms with E-state index < -0.39 is 0 Å². The van der Waals surface area contributed by atoms with E-state index in [-0.39, 0.29) is 24.5 Å². The molecule has 0 bridgehead atoms. The SMILES string of the molecule is CCOCC(=O)N1CCCCC1CCn1cc(C(=O)N(C)C)nn1. The number of ether oxygens (including phenoxy) is 1. The average Bonchev–Trinajstić information content (AvgIpc) is 3.06. The molecule has 1 aliphatic rings. The van der Waals surface area contributed by atoms with Crippen LogP contribution in [0.25, 0.3) is 0 Å². The number of rotatable bonds is 7. The number of amides is 2. The number of nitrogens with zero attached hydrogens (tertiary/aromatic N) is 5. The van der Waals surface area contributed by atoms with Gasteiger partial charge in [0.05, 0.1) is 6.20 Å². The van der Waals surface area contributed by atoms with Gasteiger partial charge in [-0.3, -0.25) is 14.3 Å². The summed E-state index contributed by atoms with van der Waals surface area (Å²) < 4.78 is 6.93. The van der Waals surface area contributed by atoms with E-state index in [9.17, 15) is 9.59 Å². The Kier molecular flexibility index (Phi) is 6.72. The van der Waals surface area contributed by atoms with E-state index in [1.807, 2.05) is 11.8 Å². The molecule has 134 valence electrons. The number of aromatic nitrogens is 3. The zero-order valence-corrected chi connectivity index (χ0v) is 14.8. The second-order valence-electron chi connectivity index (χ2n) is 6.23. The van der Waals surface area contributed by atoms with Crippen molar-refractivity contribution in [2.24, 2.45) is 0 Å². The molecule has 1 unspecified atom stereocenters. The van der Waals surface area contributed by atoms with Gasteiger partial charge in [0, 0.05) is 39.8 Å². The molecule has 2 heterocycles. The highest BCUT2D eigenvalue weighted by Gasteiger charge is 2.26. The molecule has 1 saturated heterocycles. The number of hydrogen-bond acceptors (Lipinski definition) is 5. The Hall–Kier alpha value is -1.96. The lowest BCUT2D eigenvalue weighted by Gasteiger charge is -2.35. The van der Waals surface area contributed by atoms with Gasteiger partial charge in [-0.2, -0.15) is 0 Å². The van der Waals surface area contributed by atoms with Gasteiger partial charge >= 0.3 is 0 Å². The monoisotopic (exact) mass is 337 g/mol. The fourth-order valence-electron chi connectivity index (χ4n) is 2.92. The molecule has 2 amide bonds. The lowest BCUT2D eigenvalue weighted by Crippen LogP contribution is -2.45. The van der Waals surface area contributed by atoms with Crippen LogP contribution in [-0.2, 0) is 16.1 Å². The van der Waals surface area contributed by atoms with Gasteiger partial charge in [0.25, 0.3) is 5.91 Å². The summed E-state index contributed by atoms with van der Waals surface area (Å²) in [7, 11) is 3.37. The van der Waals surface area contributed by atoms with E-state index in [0.29, 0.717) is 18.8 Å². The predicted molar refractivity (Wildman–Crippen MR) is 88.5 cm³/mol.